The Bertz CT molecular complexity index is 409. The zero-order valence-corrected chi connectivity index (χ0v) is 13.2. The lowest BCUT2D eigenvalue weighted by molar-refractivity contribution is 0.314. The van der Waals surface area contributed by atoms with E-state index in [1.165, 1.54) is 44.3 Å². The number of likely N-dealkylation sites (tertiary alicyclic amines) is 1. The predicted octanol–water partition coefficient (Wildman–Crippen LogP) is 3.13. The molecule has 0 radical (unpaired) electrons. The largest absolute Gasteiger partial charge is 0.310 e. The molecule has 3 rings (SSSR count). The summed E-state index contributed by atoms with van der Waals surface area (Å²) in [6, 6.07) is 12.3. The first-order chi connectivity index (χ1) is 9.83. The third-order valence-electron chi connectivity index (χ3n) is 4.71. The lowest BCUT2D eigenvalue weighted by Gasteiger charge is -2.20. The summed E-state index contributed by atoms with van der Waals surface area (Å²) in [6.07, 6.45) is 7.72. The van der Waals surface area contributed by atoms with E-state index >= 15 is 0 Å². The molecule has 1 aliphatic heterocycles. The lowest BCUT2D eigenvalue weighted by atomic mass is 10.2. The van der Waals surface area contributed by atoms with Gasteiger partial charge in [0.2, 0.25) is 0 Å². The van der Waals surface area contributed by atoms with Crippen LogP contribution in [-0.4, -0.2) is 41.6 Å². The lowest BCUT2D eigenvalue weighted by Crippen LogP contribution is -2.38. The van der Waals surface area contributed by atoms with Gasteiger partial charge in [0, 0.05) is 37.0 Å². The van der Waals surface area contributed by atoms with Gasteiger partial charge < -0.3 is 5.32 Å². The molecule has 1 saturated carbocycles. The maximum absolute atomic E-state index is 3.90. The van der Waals surface area contributed by atoms with Gasteiger partial charge in [0.25, 0.3) is 0 Å². The highest BCUT2D eigenvalue weighted by Gasteiger charge is 2.29. The van der Waals surface area contributed by atoms with Crippen molar-refractivity contribution in [2.24, 2.45) is 0 Å². The van der Waals surface area contributed by atoms with E-state index in [-0.39, 0.29) is 0 Å². The summed E-state index contributed by atoms with van der Waals surface area (Å²) in [5.74, 6) is 0. The molecule has 2 nitrogen and oxygen atoms in total. The van der Waals surface area contributed by atoms with Gasteiger partial charge in [0.05, 0.1) is 0 Å². The van der Waals surface area contributed by atoms with E-state index in [1.807, 2.05) is 11.8 Å². The Morgan fingerprint density at radius 1 is 1.15 bits per heavy atom. The maximum atomic E-state index is 3.90. The molecule has 1 aliphatic carbocycles. The second kappa shape index (κ2) is 6.97. The molecular weight excluding hydrogens is 264 g/mol. The number of hydrogen-bond acceptors (Lipinski definition) is 3. The summed E-state index contributed by atoms with van der Waals surface area (Å²) >= 11 is 2.05. The molecule has 0 amide bonds. The zero-order valence-electron chi connectivity index (χ0n) is 12.4. The number of rotatable bonds is 5. The van der Waals surface area contributed by atoms with Gasteiger partial charge in [-0.3, -0.25) is 4.90 Å². The van der Waals surface area contributed by atoms with E-state index in [9.17, 15) is 0 Å². The van der Waals surface area contributed by atoms with Gasteiger partial charge in [0.1, 0.15) is 0 Å². The fourth-order valence-corrected chi connectivity index (χ4v) is 4.39. The zero-order chi connectivity index (χ0) is 13.8. The fraction of sp³-hybridized carbons (Fsp3) is 0.647. The van der Waals surface area contributed by atoms with Gasteiger partial charge in [-0.1, -0.05) is 30.3 Å². The monoisotopic (exact) mass is 290 g/mol. The van der Waals surface area contributed by atoms with Gasteiger partial charge >= 0.3 is 0 Å². The average Bonchev–Trinajstić information content (AvgIpc) is 3.10. The van der Waals surface area contributed by atoms with Crippen molar-refractivity contribution in [3.8, 4) is 0 Å². The highest BCUT2D eigenvalue weighted by atomic mass is 32.2. The highest BCUT2D eigenvalue weighted by Crippen LogP contribution is 2.29. The molecular formula is C17H26N2S. The van der Waals surface area contributed by atoms with E-state index in [0.717, 1.165) is 17.8 Å². The normalized spacial score (nSPS) is 30.9. The van der Waals surface area contributed by atoms with E-state index in [4.69, 9.17) is 0 Å². The van der Waals surface area contributed by atoms with Crippen molar-refractivity contribution in [1.29, 1.82) is 0 Å². The standard InChI is InChI=1S/C17H26N2S/c1-20-17-8-7-15(11-17)18-16-9-10-19(13-16)12-14-5-3-2-4-6-14/h2-6,15-18H,7-13H2,1H3. The number of thioether (sulfide) groups is 1. The molecule has 1 saturated heterocycles. The molecule has 3 atom stereocenters. The quantitative estimate of drug-likeness (QED) is 0.897. The van der Waals surface area contributed by atoms with Crippen molar-refractivity contribution in [2.75, 3.05) is 19.3 Å². The van der Waals surface area contributed by atoms with Crippen LogP contribution in [-0.2, 0) is 6.54 Å². The topological polar surface area (TPSA) is 15.3 Å². The number of nitrogens with zero attached hydrogens (tertiary/aromatic N) is 1. The van der Waals surface area contributed by atoms with Crippen LogP contribution in [0.25, 0.3) is 0 Å². The van der Waals surface area contributed by atoms with Crippen LogP contribution in [0.5, 0.6) is 0 Å². The molecule has 0 bridgehead atoms. The number of hydrogen-bond donors (Lipinski definition) is 1. The van der Waals surface area contributed by atoms with E-state index in [2.05, 4.69) is 46.8 Å². The van der Waals surface area contributed by atoms with Crippen LogP contribution in [0.1, 0.15) is 31.2 Å². The van der Waals surface area contributed by atoms with Gasteiger partial charge in [-0.25, -0.2) is 0 Å². The minimum atomic E-state index is 0.712. The Morgan fingerprint density at radius 2 is 2.00 bits per heavy atom. The Balaban J connectivity index is 1.43. The number of benzene rings is 1. The van der Waals surface area contributed by atoms with Crippen molar-refractivity contribution in [3.05, 3.63) is 35.9 Å². The molecule has 2 fully saturated rings. The molecule has 1 aromatic rings. The smallest absolute Gasteiger partial charge is 0.0234 e. The van der Waals surface area contributed by atoms with Crippen LogP contribution in [0.15, 0.2) is 30.3 Å². The molecule has 110 valence electrons. The first-order valence-electron chi connectivity index (χ1n) is 7.88. The SMILES string of the molecule is CSC1CCC(NC2CCN(Cc3ccccc3)C2)C1. The molecule has 1 heterocycles. The third kappa shape index (κ3) is 3.78. The molecule has 3 unspecified atom stereocenters. The van der Waals surface area contributed by atoms with Gasteiger partial charge in [-0.15, -0.1) is 0 Å². The summed E-state index contributed by atoms with van der Waals surface area (Å²) in [5, 5.41) is 4.80. The van der Waals surface area contributed by atoms with Crippen molar-refractivity contribution in [1.82, 2.24) is 10.2 Å². The molecule has 20 heavy (non-hydrogen) atoms. The van der Waals surface area contributed by atoms with Crippen LogP contribution in [0.4, 0.5) is 0 Å². The third-order valence-corrected chi connectivity index (χ3v) is 5.81. The average molecular weight is 290 g/mol. The second-order valence-electron chi connectivity index (χ2n) is 6.24. The fourth-order valence-electron chi connectivity index (χ4n) is 3.59. The minimum absolute atomic E-state index is 0.712. The molecule has 1 aromatic carbocycles. The minimum Gasteiger partial charge on any atom is -0.310 e. The molecule has 0 spiro atoms. The number of nitrogens with one attached hydrogen (secondary N) is 1. The predicted molar refractivity (Wildman–Crippen MR) is 88.2 cm³/mol. The van der Waals surface area contributed by atoms with Gasteiger partial charge in [-0.2, -0.15) is 11.8 Å². The van der Waals surface area contributed by atoms with Crippen molar-refractivity contribution in [3.63, 3.8) is 0 Å². The summed E-state index contributed by atoms with van der Waals surface area (Å²) in [5.41, 5.74) is 1.44. The summed E-state index contributed by atoms with van der Waals surface area (Å²) < 4.78 is 0. The molecule has 3 heteroatoms. The Morgan fingerprint density at radius 3 is 2.75 bits per heavy atom. The highest BCUT2D eigenvalue weighted by molar-refractivity contribution is 7.99. The second-order valence-corrected chi connectivity index (χ2v) is 7.38. The Hall–Kier alpha value is -0.510. The van der Waals surface area contributed by atoms with Crippen LogP contribution in [0, 0.1) is 0 Å². The van der Waals surface area contributed by atoms with Crippen molar-refractivity contribution in [2.45, 2.75) is 49.6 Å². The maximum Gasteiger partial charge on any atom is 0.0234 e. The van der Waals surface area contributed by atoms with Crippen LogP contribution in [0.3, 0.4) is 0 Å². The first-order valence-corrected chi connectivity index (χ1v) is 9.17. The molecule has 2 aliphatic rings. The van der Waals surface area contributed by atoms with Gasteiger partial charge in [0.15, 0.2) is 0 Å². The van der Waals surface area contributed by atoms with E-state index in [0.29, 0.717) is 6.04 Å². The first kappa shape index (κ1) is 14.4. The molecule has 1 N–H and O–H groups in total. The summed E-state index contributed by atoms with van der Waals surface area (Å²) in [4.78, 5) is 2.59. The van der Waals surface area contributed by atoms with Crippen LogP contribution < -0.4 is 5.32 Å². The van der Waals surface area contributed by atoms with Gasteiger partial charge in [-0.05, 0) is 37.5 Å². The summed E-state index contributed by atoms with van der Waals surface area (Å²) in [6.45, 7) is 3.57. The summed E-state index contributed by atoms with van der Waals surface area (Å²) in [7, 11) is 0. The van der Waals surface area contributed by atoms with Crippen molar-refractivity contribution < 1.29 is 0 Å². The van der Waals surface area contributed by atoms with Crippen LogP contribution in [0.2, 0.25) is 0 Å². The Kier molecular flexibility index (Phi) is 5.03. The molecule has 0 aromatic heterocycles. The Labute approximate surface area is 127 Å². The van der Waals surface area contributed by atoms with Crippen LogP contribution >= 0.6 is 11.8 Å². The van der Waals surface area contributed by atoms with E-state index < -0.39 is 0 Å². The van der Waals surface area contributed by atoms with E-state index in [1.54, 1.807) is 0 Å². The van der Waals surface area contributed by atoms with Crippen molar-refractivity contribution >= 4 is 11.8 Å².